The highest BCUT2D eigenvalue weighted by Gasteiger charge is 2.13. The third kappa shape index (κ3) is 3.47. The molecule has 104 valence electrons. The summed E-state index contributed by atoms with van der Waals surface area (Å²) in [5.74, 6) is -0.354. The summed E-state index contributed by atoms with van der Waals surface area (Å²) >= 11 is 12.8. The maximum Gasteiger partial charge on any atom is 0.283 e. The molecule has 0 bridgehead atoms. The van der Waals surface area contributed by atoms with Crippen LogP contribution in [-0.4, -0.2) is 17.1 Å². The molecule has 1 aromatic heterocycles. The fourth-order valence-electron chi connectivity index (χ4n) is 1.44. The number of halogens is 2. The number of amides is 1. The van der Waals surface area contributed by atoms with Gasteiger partial charge in [0.1, 0.15) is 4.88 Å². The van der Waals surface area contributed by atoms with Crippen LogP contribution in [0.1, 0.15) is 20.9 Å². The number of nitrogens with one attached hydrogen (secondary N) is 1. The number of anilines is 1. The molecule has 0 radical (unpaired) electrons. The SMILES string of the molecule is Cc1nc(N)sc1C(=O)NN=Cc1ccc(Cl)c(Cl)c1. The van der Waals surface area contributed by atoms with Crippen LogP contribution in [0.15, 0.2) is 23.3 Å². The number of nitrogen functional groups attached to an aromatic ring is 1. The number of nitrogens with two attached hydrogens (primary N) is 1. The molecule has 0 aliphatic carbocycles. The Balaban J connectivity index is 2.04. The molecule has 3 N–H and O–H groups in total. The summed E-state index contributed by atoms with van der Waals surface area (Å²) in [7, 11) is 0. The van der Waals surface area contributed by atoms with E-state index in [0.29, 0.717) is 25.7 Å². The predicted molar refractivity (Wildman–Crippen MR) is 82.8 cm³/mol. The lowest BCUT2D eigenvalue weighted by molar-refractivity contribution is 0.0958. The van der Waals surface area contributed by atoms with Crippen LogP contribution >= 0.6 is 34.5 Å². The molecular formula is C12H10Cl2N4OS. The quantitative estimate of drug-likeness (QED) is 0.671. The zero-order valence-corrected chi connectivity index (χ0v) is 12.7. The molecule has 0 saturated carbocycles. The summed E-state index contributed by atoms with van der Waals surface area (Å²) in [6.07, 6.45) is 1.47. The average molecular weight is 329 g/mol. The number of hydrazone groups is 1. The van der Waals surface area contributed by atoms with Crippen molar-refractivity contribution in [2.45, 2.75) is 6.92 Å². The molecule has 8 heteroatoms. The van der Waals surface area contributed by atoms with Crippen molar-refractivity contribution >= 4 is 51.8 Å². The number of carbonyl (C=O) groups is 1. The largest absolute Gasteiger partial charge is 0.375 e. The standard InChI is InChI=1S/C12H10Cl2N4OS/c1-6-10(20-12(15)17-6)11(19)18-16-5-7-2-3-8(13)9(14)4-7/h2-5H,1H3,(H2,15,17)(H,18,19). The third-order valence-corrected chi connectivity index (χ3v) is 4.07. The second kappa shape index (κ2) is 6.21. The van der Waals surface area contributed by atoms with Crippen molar-refractivity contribution in [1.82, 2.24) is 10.4 Å². The van der Waals surface area contributed by atoms with Gasteiger partial charge >= 0.3 is 0 Å². The Morgan fingerprint density at radius 3 is 2.80 bits per heavy atom. The summed E-state index contributed by atoms with van der Waals surface area (Å²) in [4.78, 5) is 16.2. The molecule has 2 rings (SSSR count). The topological polar surface area (TPSA) is 80.4 Å². The average Bonchev–Trinajstić information content (AvgIpc) is 2.73. The maximum atomic E-state index is 11.8. The van der Waals surface area contributed by atoms with Crippen LogP contribution in [0.4, 0.5) is 5.13 Å². The van der Waals surface area contributed by atoms with Crippen LogP contribution in [0.5, 0.6) is 0 Å². The van der Waals surface area contributed by atoms with E-state index in [-0.39, 0.29) is 5.91 Å². The van der Waals surface area contributed by atoms with Crippen LogP contribution in [0, 0.1) is 6.92 Å². The normalized spacial score (nSPS) is 10.9. The minimum atomic E-state index is -0.354. The van der Waals surface area contributed by atoms with Crippen molar-refractivity contribution in [3.05, 3.63) is 44.4 Å². The molecule has 20 heavy (non-hydrogen) atoms. The van der Waals surface area contributed by atoms with E-state index in [1.165, 1.54) is 6.21 Å². The molecule has 0 saturated heterocycles. The molecular weight excluding hydrogens is 319 g/mol. The van der Waals surface area contributed by atoms with Gasteiger partial charge in [0, 0.05) is 0 Å². The van der Waals surface area contributed by atoms with Gasteiger partial charge in [-0.1, -0.05) is 40.6 Å². The summed E-state index contributed by atoms with van der Waals surface area (Å²) in [5, 5.41) is 5.08. The van der Waals surface area contributed by atoms with Gasteiger partial charge in [-0.05, 0) is 24.6 Å². The van der Waals surface area contributed by atoms with Crippen molar-refractivity contribution in [1.29, 1.82) is 0 Å². The van der Waals surface area contributed by atoms with Gasteiger partial charge < -0.3 is 5.73 Å². The number of hydrogen-bond acceptors (Lipinski definition) is 5. The second-order valence-electron chi connectivity index (χ2n) is 3.84. The zero-order valence-electron chi connectivity index (χ0n) is 10.4. The first-order valence-corrected chi connectivity index (χ1v) is 7.06. The van der Waals surface area contributed by atoms with E-state index in [0.717, 1.165) is 16.9 Å². The van der Waals surface area contributed by atoms with Gasteiger partial charge in [0.25, 0.3) is 5.91 Å². The highest BCUT2D eigenvalue weighted by Crippen LogP contribution is 2.22. The Morgan fingerprint density at radius 2 is 2.20 bits per heavy atom. The van der Waals surface area contributed by atoms with Crippen LogP contribution in [0.3, 0.4) is 0 Å². The Hall–Kier alpha value is -1.63. The Labute approximate surface area is 129 Å². The molecule has 0 spiro atoms. The van der Waals surface area contributed by atoms with E-state index in [4.69, 9.17) is 28.9 Å². The van der Waals surface area contributed by atoms with E-state index in [1.807, 2.05) is 0 Å². The zero-order chi connectivity index (χ0) is 14.7. The molecule has 2 aromatic rings. The Kier molecular flexibility index (Phi) is 4.59. The number of thiazole rings is 1. The molecule has 5 nitrogen and oxygen atoms in total. The number of rotatable bonds is 3. The van der Waals surface area contributed by atoms with Gasteiger partial charge in [0.2, 0.25) is 0 Å². The smallest absolute Gasteiger partial charge is 0.283 e. The van der Waals surface area contributed by atoms with E-state index in [9.17, 15) is 4.79 Å². The van der Waals surface area contributed by atoms with Crippen molar-refractivity contribution in [3.63, 3.8) is 0 Å². The van der Waals surface area contributed by atoms with Gasteiger partial charge in [-0.15, -0.1) is 0 Å². The van der Waals surface area contributed by atoms with Crippen molar-refractivity contribution in [2.75, 3.05) is 5.73 Å². The van der Waals surface area contributed by atoms with Crippen molar-refractivity contribution in [3.8, 4) is 0 Å². The summed E-state index contributed by atoms with van der Waals surface area (Å²) in [6, 6.07) is 5.04. The first kappa shape index (κ1) is 14.8. The number of benzene rings is 1. The lowest BCUT2D eigenvalue weighted by atomic mass is 10.2. The van der Waals surface area contributed by atoms with Crippen LogP contribution in [-0.2, 0) is 0 Å². The lowest BCUT2D eigenvalue weighted by Gasteiger charge is -1.98. The summed E-state index contributed by atoms with van der Waals surface area (Å²) in [5.41, 5.74) is 9.24. The fourth-order valence-corrected chi connectivity index (χ4v) is 2.47. The predicted octanol–water partition coefficient (Wildman–Crippen LogP) is 3.10. The molecule has 0 unspecified atom stereocenters. The third-order valence-electron chi connectivity index (χ3n) is 2.34. The van der Waals surface area contributed by atoms with Gasteiger partial charge in [-0.3, -0.25) is 4.79 Å². The fraction of sp³-hybridized carbons (Fsp3) is 0.0833. The van der Waals surface area contributed by atoms with E-state index in [1.54, 1.807) is 25.1 Å². The second-order valence-corrected chi connectivity index (χ2v) is 5.68. The van der Waals surface area contributed by atoms with E-state index >= 15 is 0 Å². The van der Waals surface area contributed by atoms with Crippen LogP contribution in [0.25, 0.3) is 0 Å². The Morgan fingerprint density at radius 1 is 1.45 bits per heavy atom. The highest BCUT2D eigenvalue weighted by atomic mass is 35.5. The van der Waals surface area contributed by atoms with Gasteiger partial charge in [0.05, 0.1) is 22.0 Å². The minimum Gasteiger partial charge on any atom is -0.375 e. The molecule has 0 aliphatic heterocycles. The summed E-state index contributed by atoms with van der Waals surface area (Å²) in [6.45, 7) is 1.71. The number of nitrogens with zero attached hydrogens (tertiary/aromatic N) is 2. The minimum absolute atomic E-state index is 0.348. The number of carbonyl (C=O) groups excluding carboxylic acids is 1. The van der Waals surface area contributed by atoms with Crippen molar-refractivity contribution < 1.29 is 4.79 Å². The molecule has 0 aliphatic rings. The number of aromatic nitrogens is 1. The van der Waals surface area contributed by atoms with Crippen molar-refractivity contribution in [2.24, 2.45) is 5.10 Å². The van der Waals surface area contributed by atoms with Gasteiger partial charge in [0.15, 0.2) is 5.13 Å². The van der Waals surface area contributed by atoms with Gasteiger partial charge in [-0.2, -0.15) is 5.10 Å². The van der Waals surface area contributed by atoms with Crippen LogP contribution < -0.4 is 11.2 Å². The first-order valence-electron chi connectivity index (χ1n) is 5.48. The maximum absolute atomic E-state index is 11.8. The van der Waals surface area contributed by atoms with E-state index in [2.05, 4.69) is 15.5 Å². The monoisotopic (exact) mass is 328 g/mol. The molecule has 1 amide bonds. The summed E-state index contributed by atoms with van der Waals surface area (Å²) < 4.78 is 0. The molecule has 1 heterocycles. The number of aryl methyl sites for hydroxylation is 1. The highest BCUT2D eigenvalue weighted by molar-refractivity contribution is 7.17. The first-order chi connectivity index (χ1) is 9.47. The number of hydrogen-bond donors (Lipinski definition) is 2. The van der Waals surface area contributed by atoms with Gasteiger partial charge in [-0.25, -0.2) is 10.4 Å². The Bertz CT molecular complexity index is 684. The molecule has 0 fully saturated rings. The lowest BCUT2D eigenvalue weighted by Crippen LogP contribution is -2.17. The van der Waals surface area contributed by atoms with E-state index < -0.39 is 0 Å². The molecule has 0 atom stereocenters. The molecule has 1 aromatic carbocycles. The van der Waals surface area contributed by atoms with Crippen LogP contribution in [0.2, 0.25) is 10.0 Å².